The molecule has 0 saturated carbocycles. The monoisotopic (exact) mass is 391 g/mol. The van der Waals surface area contributed by atoms with Crippen molar-refractivity contribution in [3.63, 3.8) is 0 Å². The van der Waals surface area contributed by atoms with E-state index in [1.807, 2.05) is 32.0 Å². The van der Waals surface area contributed by atoms with Gasteiger partial charge in [-0.2, -0.15) is 0 Å². The Hall–Kier alpha value is -1.85. The van der Waals surface area contributed by atoms with Crippen molar-refractivity contribution < 1.29 is 4.79 Å². The van der Waals surface area contributed by atoms with Crippen molar-refractivity contribution in [3.05, 3.63) is 63.0 Å². The van der Waals surface area contributed by atoms with Gasteiger partial charge in [-0.25, -0.2) is 4.98 Å². The second-order valence-electron chi connectivity index (χ2n) is 5.25. The molecule has 4 nitrogen and oxygen atoms in total. The molecule has 0 aliphatic carbocycles. The Labute approximate surface area is 147 Å². The van der Waals surface area contributed by atoms with Crippen LogP contribution in [0, 0.1) is 6.92 Å². The van der Waals surface area contributed by atoms with Crippen LogP contribution in [0.1, 0.15) is 28.7 Å². The van der Waals surface area contributed by atoms with E-state index in [2.05, 4.69) is 26.2 Å². The Morgan fingerprint density at radius 2 is 2.13 bits per heavy atom. The van der Waals surface area contributed by atoms with Gasteiger partial charge in [0.15, 0.2) is 0 Å². The van der Waals surface area contributed by atoms with Crippen molar-refractivity contribution in [1.29, 1.82) is 0 Å². The van der Waals surface area contributed by atoms with Gasteiger partial charge in [-0.1, -0.05) is 40.5 Å². The third kappa shape index (κ3) is 3.12. The van der Waals surface area contributed by atoms with Gasteiger partial charge < -0.3 is 5.32 Å². The van der Waals surface area contributed by atoms with Crippen LogP contribution in [0.5, 0.6) is 0 Å². The van der Waals surface area contributed by atoms with E-state index in [9.17, 15) is 4.79 Å². The normalized spacial score (nSPS) is 11.0. The first kappa shape index (κ1) is 16.0. The van der Waals surface area contributed by atoms with E-state index in [1.54, 1.807) is 22.7 Å². The van der Waals surface area contributed by atoms with Crippen LogP contribution in [0.3, 0.4) is 0 Å². The largest absolute Gasteiger partial charge is 0.321 e. The van der Waals surface area contributed by atoms with Gasteiger partial charge in [-0.3, -0.25) is 9.20 Å². The maximum Gasteiger partial charge on any atom is 0.274 e. The minimum Gasteiger partial charge on any atom is -0.321 e. The Kier molecular flexibility index (Phi) is 4.41. The molecule has 0 aliphatic rings. The van der Waals surface area contributed by atoms with Gasteiger partial charge in [0.25, 0.3) is 5.91 Å². The zero-order valence-electron chi connectivity index (χ0n) is 12.7. The van der Waals surface area contributed by atoms with Gasteiger partial charge in [0.05, 0.1) is 10.7 Å². The summed E-state index contributed by atoms with van der Waals surface area (Å²) in [6, 6.07) is 9.28. The minimum atomic E-state index is -0.202. The highest BCUT2D eigenvalue weighted by molar-refractivity contribution is 9.10. The fraction of sp³-hybridized carbons (Fsp3) is 0.176. The number of hydrogen-bond acceptors (Lipinski definition) is 2. The molecule has 0 fully saturated rings. The average molecular weight is 393 g/mol. The van der Waals surface area contributed by atoms with Crippen LogP contribution >= 0.6 is 27.5 Å². The van der Waals surface area contributed by atoms with Crippen molar-refractivity contribution in [2.45, 2.75) is 20.3 Å². The maximum absolute atomic E-state index is 12.7. The van der Waals surface area contributed by atoms with E-state index in [4.69, 9.17) is 11.6 Å². The summed E-state index contributed by atoms with van der Waals surface area (Å²) in [5, 5.41) is 3.49. The van der Waals surface area contributed by atoms with Crippen LogP contribution < -0.4 is 5.32 Å². The molecule has 0 saturated heterocycles. The first-order chi connectivity index (χ1) is 11.0. The molecule has 3 rings (SSSR count). The van der Waals surface area contributed by atoms with Crippen molar-refractivity contribution in [2.75, 3.05) is 5.32 Å². The Bertz CT molecular complexity index is 904. The van der Waals surface area contributed by atoms with Crippen molar-refractivity contribution in [1.82, 2.24) is 9.38 Å². The van der Waals surface area contributed by atoms with Crippen molar-refractivity contribution in [2.24, 2.45) is 0 Å². The van der Waals surface area contributed by atoms with Gasteiger partial charge in [0.1, 0.15) is 11.3 Å². The summed E-state index contributed by atoms with van der Waals surface area (Å²) in [4.78, 5) is 17.2. The molecule has 0 aliphatic heterocycles. The second kappa shape index (κ2) is 6.34. The first-order valence-corrected chi connectivity index (χ1v) is 8.40. The number of benzene rings is 1. The van der Waals surface area contributed by atoms with Gasteiger partial charge in [-0.05, 0) is 43.2 Å². The maximum atomic E-state index is 12.7. The highest BCUT2D eigenvalue weighted by Gasteiger charge is 2.18. The summed E-state index contributed by atoms with van der Waals surface area (Å²) >= 11 is 9.54. The van der Waals surface area contributed by atoms with E-state index >= 15 is 0 Å². The van der Waals surface area contributed by atoms with Gasteiger partial charge in [0.2, 0.25) is 0 Å². The van der Waals surface area contributed by atoms with Gasteiger partial charge in [0, 0.05) is 16.4 Å². The van der Waals surface area contributed by atoms with Crippen LogP contribution in [-0.4, -0.2) is 15.3 Å². The highest BCUT2D eigenvalue weighted by atomic mass is 79.9. The van der Waals surface area contributed by atoms with Crippen LogP contribution in [0.15, 0.2) is 41.0 Å². The molecular formula is C17H15BrClN3O. The molecule has 0 radical (unpaired) electrons. The van der Waals surface area contributed by atoms with Crippen molar-refractivity contribution in [3.8, 4) is 0 Å². The molecule has 2 aromatic heterocycles. The number of nitrogens with one attached hydrogen (secondary N) is 1. The van der Waals surface area contributed by atoms with Crippen LogP contribution in [-0.2, 0) is 6.42 Å². The molecule has 0 spiro atoms. The Morgan fingerprint density at radius 3 is 2.83 bits per heavy atom. The number of imidazole rings is 1. The van der Waals surface area contributed by atoms with Crippen LogP contribution in [0.25, 0.3) is 5.65 Å². The summed E-state index contributed by atoms with van der Waals surface area (Å²) in [6.45, 7) is 3.97. The molecule has 0 bridgehead atoms. The molecule has 0 atom stereocenters. The minimum absolute atomic E-state index is 0.202. The number of nitrogens with zero attached hydrogens (tertiary/aromatic N) is 2. The molecule has 2 heterocycles. The lowest BCUT2D eigenvalue weighted by atomic mass is 10.2. The summed E-state index contributed by atoms with van der Waals surface area (Å²) in [5.74, 6) is -0.202. The Morgan fingerprint density at radius 1 is 1.35 bits per heavy atom. The highest BCUT2D eigenvalue weighted by Crippen LogP contribution is 2.22. The first-order valence-electron chi connectivity index (χ1n) is 7.23. The SMILES string of the molecule is CCc1nc2ccc(Cl)cn2c1C(=O)Nc1ccc(C)c(Br)c1. The fourth-order valence-corrected chi connectivity index (χ4v) is 2.95. The van der Waals surface area contributed by atoms with E-state index in [-0.39, 0.29) is 5.91 Å². The lowest BCUT2D eigenvalue weighted by Crippen LogP contribution is -2.16. The number of pyridine rings is 1. The van der Waals surface area contributed by atoms with Gasteiger partial charge >= 0.3 is 0 Å². The number of rotatable bonds is 3. The number of amides is 1. The third-order valence-electron chi connectivity index (χ3n) is 3.63. The van der Waals surface area contributed by atoms with Gasteiger partial charge in [-0.15, -0.1) is 0 Å². The second-order valence-corrected chi connectivity index (χ2v) is 6.55. The summed E-state index contributed by atoms with van der Waals surface area (Å²) in [5.41, 5.74) is 3.81. The van der Waals surface area contributed by atoms with Crippen LogP contribution in [0.2, 0.25) is 5.02 Å². The third-order valence-corrected chi connectivity index (χ3v) is 4.71. The topological polar surface area (TPSA) is 46.4 Å². The fourth-order valence-electron chi connectivity index (χ4n) is 2.42. The smallest absolute Gasteiger partial charge is 0.274 e. The average Bonchev–Trinajstić information content (AvgIpc) is 2.88. The lowest BCUT2D eigenvalue weighted by Gasteiger charge is -2.08. The molecular weight excluding hydrogens is 378 g/mol. The summed E-state index contributed by atoms with van der Waals surface area (Å²) in [7, 11) is 0. The van der Waals surface area contributed by atoms with E-state index < -0.39 is 0 Å². The quantitative estimate of drug-likeness (QED) is 0.691. The van der Waals surface area contributed by atoms with Crippen LogP contribution in [0.4, 0.5) is 5.69 Å². The summed E-state index contributed by atoms with van der Waals surface area (Å²) in [6.07, 6.45) is 2.38. The number of fused-ring (bicyclic) bond motifs is 1. The van der Waals surface area contributed by atoms with E-state index in [0.29, 0.717) is 22.8 Å². The summed E-state index contributed by atoms with van der Waals surface area (Å²) < 4.78 is 2.69. The Balaban J connectivity index is 2.02. The molecule has 1 N–H and O–H groups in total. The number of anilines is 1. The van der Waals surface area contributed by atoms with E-state index in [0.717, 1.165) is 21.4 Å². The number of carbonyl (C=O) groups is 1. The zero-order valence-corrected chi connectivity index (χ0v) is 15.1. The molecule has 6 heteroatoms. The lowest BCUT2D eigenvalue weighted by molar-refractivity contribution is 0.102. The predicted molar refractivity (Wildman–Crippen MR) is 96.4 cm³/mol. The number of hydrogen-bond donors (Lipinski definition) is 1. The number of halogens is 2. The number of carbonyl (C=O) groups excluding carboxylic acids is 1. The molecule has 3 aromatic rings. The zero-order chi connectivity index (χ0) is 16.6. The number of aromatic nitrogens is 2. The molecule has 1 amide bonds. The van der Waals surface area contributed by atoms with Crippen molar-refractivity contribution >= 4 is 44.8 Å². The molecule has 0 unspecified atom stereocenters. The predicted octanol–water partition coefficient (Wildman–Crippen LogP) is 4.87. The standard InChI is InChI=1S/C17H15BrClN3O/c1-3-14-16(22-9-11(19)5-7-15(22)21-14)17(23)20-12-6-4-10(2)13(18)8-12/h4-9H,3H2,1-2H3,(H,20,23). The molecule has 1 aromatic carbocycles. The molecule has 23 heavy (non-hydrogen) atoms. The number of aryl methyl sites for hydroxylation is 2. The molecule has 118 valence electrons. The van der Waals surface area contributed by atoms with E-state index in [1.165, 1.54) is 0 Å².